The summed E-state index contributed by atoms with van der Waals surface area (Å²) in [6.07, 6.45) is 3.36. The third-order valence-electron chi connectivity index (χ3n) is 2.71. The summed E-state index contributed by atoms with van der Waals surface area (Å²) in [7, 11) is 0. The van der Waals surface area contributed by atoms with Gasteiger partial charge in [-0.2, -0.15) is 5.26 Å². The number of carbonyl (C=O) groups excluding carboxylic acids is 1. The smallest absolute Gasteiger partial charge is 0.223 e. The Morgan fingerprint density at radius 3 is 2.89 bits per heavy atom. The maximum absolute atomic E-state index is 12.1. The minimum absolute atomic E-state index is 0.0929. The maximum Gasteiger partial charge on any atom is 0.223 e. The van der Waals surface area contributed by atoms with E-state index in [-0.39, 0.29) is 5.91 Å². The first-order valence-corrected chi connectivity index (χ1v) is 6.30. The molecule has 1 aromatic heterocycles. The lowest BCUT2D eigenvalue weighted by Crippen LogP contribution is -2.31. The van der Waals surface area contributed by atoms with Crippen molar-refractivity contribution in [3.8, 4) is 6.07 Å². The molecule has 1 aromatic rings. The molecule has 1 heterocycles. The predicted octanol–water partition coefficient (Wildman–Crippen LogP) is 2.96. The molecule has 0 aliphatic rings. The van der Waals surface area contributed by atoms with Crippen LogP contribution in [0.15, 0.2) is 22.8 Å². The van der Waals surface area contributed by atoms with Gasteiger partial charge in [-0.3, -0.25) is 4.79 Å². The molecular formula is C14H20N2O2. The summed E-state index contributed by atoms with van der Waals surface area (Å²) in [6, 6.07) is 5.72. The fourth-order valence-electron chi connectivity index (χ4n) is 1.64. The van der Waals surface area contributed by atoms with Crippen molar-refractivity contribution in [2.75, 3.05) is 6.54 Å². The molecule has 98 valence electrons. The van der Waals surface area contributed by atoms with E-state index in [9.17, 15) is 4.79 Å². The van der Waals surface area contributed by atoms with Gasteiger partial charge >= 0.3 is 0 Å². The quantitative estimate of drug-likeness (QED) is 0.745. The van der Waals surface area contributed by atoms with Gasteiger partial charge in [0.15, 0.2) is 0 Å². The Hall–Kier alpha value is -1.76. The number of rotatable bonds is 7. The van der Waals surface area contributed by atoms with Crippen LogP contribution in [0, 0.1) is 17.2 Å². The molecule has 0 spiro atoms. The molecule has 18 heavy (non-hydrogen) atoms. The largest absolute Gasteiger partial charge is 0.467 e. The maximum atomic E-state index is 12.1. The van der Waals surface area contributed by atoms with Crippen LogP contribution in [0.3, 0.4) is 0 Å². The van der Waals surface area contributed by atoms with E-state index in [2.05, 4.69) is 19.9 Å². The van der Waals surface area contributed by atoms with Crippen LogP contribution in [0.2, 0.25) is 0 Å². The van der Waals surface area contributed by atoms with E-state index < -0.39 is 0 Å². The average molecular weight is 248 g/mol. The fourth-order valence-corrected chi connectivity index (χ4v) is 1.64. The van der Waals surface area contributed by atoms with Crippen molar-refractivity contribution >= 4 is 5.91 Å². The summed E-state index contributed by atoms with van der Waals surface area (Å²) in [6.45, 7) is 5.11. The van der Waals surface area contributed by atoms with Gasteiger partial charge in [0.1, 0.15) is 5.76 Å². The molecule has 0 aliphatic carbocycles. The second-order valence-corrected chi connectivity index (χ2v) is 4.74. The zero-order valence-electron chi connectivity index (χ0n) is 11.1. The van der Waals surface area contributed by atoms with Crippen LogP contribution in [0.4, 0.5) is 0 Å². The summed E-state index contributed by atoms with van der Waals surface area (Å²) in [4.78, 5) is 13.8. The zero-order valence-corrected chi connectivity index (χ0v) is 11.1. The second-order valence-electron chi connectivity index (χ2n) is 4.74. The van der Waals surface area contributed by atoms with Gasteiger partial charge in [0.25, 0.3) is 0 Å². The predicted molar refractivity (Wildman–Crippen MR) is 68.4 cm³/mol. The lowest BCUT2D eigenvalue weighted by Gasteiger charge is -2.21. The molecule has 0 N–H and O–H groups in total. The Labute approximate surface area is 108 Å². The van der Waals surface area contributed by atoms with E-state index in [1.807, 2.05) is 6.07 Å². The van der Waals surface area contributed by atoms with Crippen LogP contribution < -0.4 is 0 Å². The van der Waals surface area contributed by atoms with Gasteiger partial charge in [0.05, 0.1) is 25.3 Å². The van der Waals surface area contributed by atoms with Gasteiger partial charge in [-0.1, -0.05) is 13.8 Å². The number of carbonyl (C=O) groups is 1. The van der Waals surface area contributed by atoms with Crippen LogP contribution in [0.1, 0.15) is 38.9 Å². The first kappa shape index (κ1) is 14.3. The molecule has 0 unspecified atom stereocenters. The van der Waals surface area contributed by atoms with Gasteiger partial charge in [-0.15, -0.1) is 0 Å². The molecular weight excluding hydrogens is 228 g/mol. The van der Waals surface area contributed by atoms with Crippen LogP contribution in [-0.2, 0) is 11.3 Å². The SMILES string of the molecule is CC(C)CCC(=O)N(CCC#N)Cc1ccco1. The molecule has 0 saturated carbocycles. The topological polar surface area (TPSA) is 57.2 Å². The summed E-state index contributed by atoms with van der Waals surface area (Å²) < 4.78 is 5.24. The van der Waals surface area contributed by atoms with Gasteiger partial charge in [0, 0.05) is 13.0 Å². The first-order chi connectivity index (χ1) is 8.63. The molecule has 1 amide bonds. The van der Waals surface area contributed by atoms with E-state index in [1.54, 1.807) is 17.2 Å². The van der Waals surface area contributed by atoms with Crippen LogP contribution in [0.25, 0.3) is 0 Å². The van der Waals surface area contributed by atoms with Crippen molar-refractivity contribution in [3.63, 3.8) is 0 Å². The summed E-state index contributed by atoms with van der Waals surface area (Å²) in [5.41, 5.74) is 0. The van der Waals surface area contributed by atoms with Crippen molar-refractivity contribution in [2.45, 2.75) is 39.7 Å². The molecule has 1 rings (SSSR count). The molecule has 0 aliphatic heterocycles. The standard InChI is InChI=1S/C14H20N2O2/c1-12(2)6-7-14(17)16(9-4-8-15)11-13-5-3-10-18-13/h3,5,10,12H,4,6-7,9,11H2,1-2H3. The molecule has 4 nitrogen and oxygen atoms in total. The lowest BCUT2D eigenvalue weighted by atomic mass is 10.1. The Morgan fingerprint density at radius 2 is 2.33 bits per heavy atom. The summed E-state index contributed by atoms with van der Waals surface area (Å²) in [5, 5.41) is 8.63. The van der Waals surface area contributed by atoms with Crippen molar-refractivity contribution in [1.82, 2.24) is 4.90 Å². The highest BCUT2D eigenvalue weighted by Gasteiger charge is 2.15. The number of amides is 1. The number of nitrogens with zero attached hydrogens (tertiary/aromatic N) is 2. The second kappa shape index (κ2) is 7.54. The Balaban J connectivity index is 2.54. The third kappa shape index (κ3) is 5.05. The van der Waals surface area contributed by atoms with Crippen molar-refractivity contribution in [3.05, 3.63) is 24.2 Å². The van der Waals surface area contributed by atoms with E-state index in [0.717, 1.165) is 12.2 Å². The van der Waals surface area contributed by atoms with Crippen LogP contribution in [-0.4, -0.2) is 17.4 Å². The molecule has 0 radical (unpaired) electrons. The monoisotopic (exact) mass is 248 g/mol. The zero-order chi connectivity index (χ0) is 13.4. The van der Waals surface area contributed by atoms with Crippen molar-refractivity contribution in [2.24, 2.45) is 5.92 Å². The molecule has 0 fully saturated rings. The minimum atomic E-state index is 0.0929. The average Bonchev–Trinajstić information content (AvgIpc) is 2.84. The van der Waals surface area contributed by atoms with Crippen molar-refractivity contribution < 1.29 is 9.21 Å². The molecule has 0 aromatic carbocycles. The van der Waals surface area contributed by atoms with Crippen LogP contribution >= 0.6 is 0 Å². The lowest BCUT2D eigenvalue weighted by molar-refractivity contribution is -0.132. The highest BCUT2D eigenvalue weighted by atomic mass is 16.3. The number of nitriles is 1. The van der Waals surface area contributed by atoms with Crippen molar-refractivity contribution in [1.29, 1.82) is 5.26 Å². The minimum Gasteiger partial charge on any atom is -0.467 e. The molecule has 0 bridgehead atoms. The third-order valence-corrected chi connectivity index (χ3v) is 2.71. The normalized spacial score (nSPS) is 10.3. The number of hydrogen-bond donors (Lipinski definition) is 0. The van der Waals surface area contributed by atoms with Crippen LogP contribution in [0.5, 0.6) is 0 Å². The molecule has 0 saturated heterocycles. The van der Waals surface area contributed by atoms with Gasteiger partial charge in [-0.25, -0.2) is 0 Å². The van der Waals surface area contributed by atoms with Gasteiger partial charge in [0.2, 0.25) is 5.91 Å². The Kier molecular flexibility index (Phi) is 5.99. The van der Waals surface area contributed by atoms with E-state index in [0.29, 0.717) is 31.8 Å². The molecule has 0 atom stereocenters. The Bertz CT molecular complexity index is 390. The first-order valence-electron chi connectivity index (χ1n) is 6.30. The molecule has 4 heteroatoms. The van der Waals surface area contributed by atoms with E-state index in [1.165, 1.54) is 0 Å². The highest BCUT2D eigenvalue weighted by molar-refractivity contribution is 5.76. The van der Waals surface area contributed by atoms with Gasteiger partial charge < -0.3 is 9.32 Å². The Morgan fingerprint density at radius 1 is 1.56 bits per heavy atom. The van der Waals surface area contributed by atoms with E-state index >= 15 is 0 Å². The summed E-state index contributed by atoms with van der Waals surface area (Å²) in [5.74, 6) is 1.36. The fraction of sp³-hybridized carbons (Fsp3) is 0.571. The number of furan rings is 1. The van der Waals surface area contributed by atoms with Gasteiger partial charge in [-0.05, 0) is 24.5 Å². The number of hydrogen-bond acceptors (Lipinski definition) is 3. The van der Waals surface area contributed by atoms with E-state index in [4.69, 9.17) is 9.68 Å². The summed E-state index contributed by atoms with van der Waals surface area (Å²) >= 11 is 0. The highest BCUT2D eigenvalue weighted by Crippen LogP contribution is 2.11.